The van der Waals surface area contributed by atoms with Gasteiger partial charge in [0.2, 0.25) is 0 Å². The summed E-state index contributed by atoms with van der Waals surface area (Å²) >= 11 is 8.04. The van der Waals surface area contributed by atoms with E-state index in [4.69, 9.17) is 11.6 Å². The predicted molar refractivity (Wildman–Crippen MR) is 77.2 cm³/mol. The van der Waals surface area contributed by atoms with E-state index in [-0.39, 0.29) is 0 Å². The lowest BCUT2D eigenvalue weighted by Gasteiger charge is -2.12. The van der Waals surface area contributed by atoms with E-state index in [2.05, 4.69) is 41.1 Å². The van der Waals surface area contributed by atoms with Crippen molar-refractivity contribution in [2.75, 3.05) is 0 Å². The third kappa shape index (κ3) is 2.76. The average molecular weight is 284 g/mol. The van der Waals surface area contributed by atoms with E-state index in [0.717, 1.165) is 29.4 Å². The molecule has 2 rings (SSSR count). The topological polar surface area (TPSA) is 29.9 Å². The number of nitrogens with zero attached hydrogens (tertiary/aromatic N) is 2. The van der Waals surface area contributed by atoms with E-state index in [9.17, 15) is 0 Å². The number of hydrogen-bond donors (Lipinski definition) is 1. The molecular weight excluding hydrogens is 266 g/mol. The van der Waals surface area contributed by atoms with Crippen LogP contribution >= 0.6 is 22.9 Å². The standard InChI is InChI=1S/C13H18ClN3S/c1-4-11-13(14)12(17(3)16-11)7-15-9(2)10-5-6-18-8-10/h5-6,8-9,15H,4,7H2,1-3H3. The van der Waals surface area contributed by atoms with Gasteiger partial charge < -0.3 is 5.32 Å². The molecule has 0 aliphatic heterocycles. The Hall–Kier alpha value is -0.840. The second-order valence-electron chi connectivity index (χ2n) is 4.34. The molecule has 0 amide bonds. The van der Waals surface area contributed by atoms with E-state index in [1.54, 1.807) is 11.3 Å². The fraction of sp³-hybridized carbons (Fsp3) is 0.462. The fourth-order valence-electron chi connectivity index (χ4n) is 1.90. The smallest absolute Gasteiger partial charge is 0.0863 e. The minimum Gasteiger partial charge on any atom is -0.304 e. The van der Waals surface area contributed by atoms with Crippen molar-refractivity contribution in [3.63, 3.8) is 0 Å². The molecule has 0 aliphatic carbocycles. The highest BCUT2D eigenvalue weighted by Gasteiger charge is 2.14. The van der Waals surface area contributed by atoms with Crippen LogP contribution in [0.4, 0.5) is 0 Å². The van der Waals surface area contributed by atoms with Gasteiger partial charge in [0.05, 0.1) is 16.4 Å². The molecule has 0 saturated heterocycles. The van der Waals surface area contributed by atoms with Crippen molar-refractivity contribution in [1.29, 1.82) is 0 Å². The lowest BCUT2D eigenvalue weighted by atomic mass is 10.2. The lowest BCUT2D eigenvalue weighted by Crippen LogP contribution is -2.19. The predicted octanol–water partition coefficient (Wildman–Crippen LogP) is 3.55. The maximum absolute atomic E-state index is 6.32. The summed E-state index contributed by atoms with van der Waals surface area (Å²) in [5.41, 5.74) is 3.34. The number of thiophene rings is 1. The van der Waals surface area contributed by atoms with E-state index in [0.29, 0.717) is 6.04 Å². The molecule has 2 aromatic rings. The third-order valence-electron chi connectivity index (χ3n) is 3.12. The zero-order chi connectivity index (χ0) is 13.1. The minimum absolute atomic E-state index is 0.326. The Balaban J connectivity index is 2.04. The normalized spacial score (nSPS) is 12.9. The van der Waals surface area contributed by atoms with E-state index >= 15 is 0 Å². The molecule has 0 spiro atoms. The first-order valence-electron chi connectivity index (χ1n) is 6.09. The minimum atomic E-state index is 0.326. The summed E-state index contributed by atoms with van der Waals surface area (Å²) < 4.78 is 1.87. The van der Waals surface area contributed by atoms with E-state index in [1.807, 2.05) is 11.7 Å². The first kappa shape index (κ1) is 13.6. The van der Waals surface area contributed by atoms with Crippen LogP contribution in [-0.2, 0) is 20.0 Å². The van der Waals surface area contributed by atoms with Gasteiger partial charge in [0.25, 0.3) is 0 Å². The van der Waals surface area contributed by atoms with Crippen LogP contribution in [0.15, 0.2) is 16.8 Å². The number of aromatic nitrogens is 2. The van der Waals surface area contributed by atoms with Gasteiger partial charge in [0, 0.05) is 19.6 Å². The molecule has 1 unspecified atom stereocenters. The van der Waals surface area contributed by atoms with E-state index in [1.165, 1.54) is 5.56 Å². The first-order valence-corrected chi connectivity index (χ1v) is 7.41. The highest BCUT2D eigenvalue weighted by molar-refractivity contribution is 7.07. The van der Waals surface area contributed by atoms with Crippen LogP contribution in [0.2, 0.25) is 5.02 Å². The van der Waals surface area contributed by atoms with Crippen molar-refractivity contribution < 1.29 is 0 Å². The molecule has 0 aromatic carbocycles. The Bertz CT molecular complexity index is 505. The van der Waals surface area contributed by atoms with Gasteiger partial charge in [0.15, 0.2) is 0 Å². The molecule has 18 heavy (non-hydrogen) atoms. The SMILES string of the molecule is CCc1nn(C)c(CNC(C)c2ccsc2)c1Cl. The molecule has 1 atom stereocenters. The zero-order valence-corrected chi connectivity index (χ0v) is 12.5. The number of hydrogen-bond acceptors (Lipinski definition) is 3. The first-order chi connectivity index (χ1) is 8.63. The maximum Gasteiger partial charge on any atom is 0.0863 e. The van der Waals surface area contributed by atoms with Gasteiger partial charge in [-0.2, -0.15) is 16.4 Å². The molecule has 0 bridgehead atoms. The summed E-state index contributed by atoms with van der Waals surface area (Å²) in [6.45, 7) is 4.96. The molecule has 0 saturated carbocycles. The van der Waals surface area contributed by atoms with Gasteiger partial charge in [-0.1, -0.05) is 18.5 Å². The summed E-state index contributed by atoms with van der Waals surface area (Å²) in [4.78, 5) is 0. The van der Waals surface area contributed by atoms with Crippen LogP contribution in [0, 0.1) is 0 Å². The van der Waals surface area contributed by atoms with Crippen LogP contribution in [0.5, 0.6) is 0 Å². The van der Waals surface area contributed by atoms with Crippen molar-refractivity contribution in [2.24, 2.45) is 7.05 Å². The number of halogens is 1. The molecule has 0 radical (unpaired) electrons. The number of nitrogens with one attached hydrogen (secondary N) is 1. The molecule has 2 aromatic heterocycles. The van der Waals surface area contributed by atoms with E-state index < -0.39 is 0 Å². The van der Waals surface area contributed by atoms with Crippen molar-refractivity contribution in [3.8, 4) is 0 Å². The van der Waals surface area contributed by atoms with Gasteiger partial charge in [0.1, 0.15) is 0 Å². The molecule has 2 heterocycles. The highest BCUT2D eigenvalue weighted by atomic mass is 35.5. The Kier molecular flexibility index (Phi) is 4.43. The molecule has 98 valence electrons. The monoisotopic (exact) mass is 283 g/mol. The van der Waals surface area contributed by atoms with Gasteiger partial charge in [-0.15, -0.1) is 0 Å². The van der Waals surface area contributed by atoms with Crippen LogP contribution in [0.3, 0.4) is 0 Å². The Morgan fingerprint density at radius 2 is 2.33 bits per heavy atom. The van der Waals surface area contributed by atoms with Crippen molar-refractivity contribution >= 4 is 22.9 Å². The van der Waals surface area contributed by atoms with Crippen LogP contribution in [-0.4, -0.2) is 9.78 Å². The van der Waals surface area contributed by atoms with Gasteiger partial charge in [-0.05, 0) is 35.7 Å². The molecule has 3 nitrogen and oxygen atoms in total. The zero-order valence-electron chi connectivity index (χ0n) is 10.9. The molecule has 0 aliphatic rings. The molecular formula is C13H18ClN3S. The van der Waals surface area contributed by atoms with Gasteiger partial charge in [-0.3, -0.25) is 4.68 Å². The van der Waals surface area contributed by atoms with Crippen LogP contribution < -0.4 is 5.32 Å². The van der Waals surface area contributed by atoms with Crippen molar-refractivity contribution in [1.82, 2.24) is 15.1 Å². The maximum atomic E-state index is 6.32. The molecule has 0 fully saturated rings. The Labute approximate surface area is 117 Å². The summed E-state index contributed by atoms with van der Waals surface area (Å²) in [5, 5.41) is 13.0. The molecule has 5 heteroatoms. The summed E-state index contributed by atoms with van der Waals surface area (Å²) in [5.74, 6) is 0. The summed E-state index contributed by atoms with van der Waals surface area (Å²) in [6, 6.07) is 2.47. The number of rotatable bonds is 5. The highest BCUT2D eigenvalue weighted by Crippen LogP contribution is 2.22. The average Bonchev–Trinajstić information content (AvgIpc) is 2.96. The molecule has 1 N–H and O–H groups in total. The summed E-state index contributed by atoms with van der Waals surface area (Å²) in [6.07, 6.45) is 0.868. The van der Waals surface area contributed by atoms with Gasteiger partial charge >= 0.3 is 0 Å². The summed E-state index contributed by atoms with van der Waals surface area (Å²) in [7, 11) is 1.94. The number of aryl methyl sites for hydroxylation is 2. The Morgan fingerprint density at radius 3 is 2.89 bits per heavy atom. The fourth-order valence-corrected chi connectivity index (χ4v) is 3.02. The van der Waals surface area contributed by atoms with Crippen LogP contribution in [0.25, 0.3) is 0 Å². The lowest BCUT2D eigenvalue weighted by molar-refractivity contribution is 0.549. The second kappa shape index (κ2) is 5.87. The van der Waals surface area contributed by atoms with Crippen molar-refractivity contribution in [3.05, 3.63) is 38.8 Å². The quantitative estimate of drug-likeness (QED) is 0.909. The van der Waals surface area contributed by atoms with Gasteiger partial charge in [-0.25, -0.2) is 0 Å². The van der Waals surface area contributed by atoms with Crippen molar-refractivity contribution in [2.45, 2.75) is 32.9 Å². The largest absolute Gasteiger partial charge is 0.304 e. The second-order valence-corrected chi connectivity index (χ2v) is 5.50. The third-order valence-corrected chi connectivity index (χ3v) is 4.26. The Morgan fingerprint density at radius 1 is 1.56 bits per heavy atom. The van der Waals surface area contributed by atoms with Crippen LogP contribution in [0.1, 0.15) is 36.8 Å².